The van der Waals surface area contributed by atoms with E-state index < -0.39 is 5.97 Å². The fourth-order valence-corrected chi connectivity index (χ4v) is 2.90. The van der Waals surface area contributed by atoms with Gasteiger partial charge in [0.25, 0.3) is 0 Å². The Hall–Kier alpha value is -1.34. The first-order valence-corrected chi connectivity index (χ1v) is 7.66. The highest BCUT2D eigenvalue weighted by Gasteiger charge is 2.32. The monoisotopic (exact) mass is 299 g/mol. The van der Waals surface area contributed by atoms with Gasteiger partial charge in [-0.15, -0.1) is 0 Å². The van der Waals surface area contributed by atoms with Gasteiger partial charge in [-0.1, -0.05) is 0 Å². The summed E-state index contributed by atoms with van der Waals surface area (Å²) in [4.78, 5) is 24.6. The normalized spacial score (nSPS) is 26.9. The second-order valence-electron chi connectivity index (χ2n) is 5.93. The molecule has 0 saturated carbocycles. The van der Waals surface area contributed by atoms with E-state index in [0.29, 0.717) is 19.0 Å². The number of hydrogen-bond donors (Lipinski definition) is 3. The third-order valence-corrected chi connectivity index (χ3v) is 4.12. The molecule has 7 nitrogen and oxygen atoms in total. The highest BCUT2D eigenvalue weighted by Crippen LogP contribution is 2.22. The zero-order chi connectivity index (χ0) is 15.2. The fourth-order valence-electron chi connectivity index (χ4n) is 2.90. The van der Waals surface area contributed by atoms with E-state index in [2.05, 4.69) is 15.5 Å². The van der Waals surface area contributed by atoms with Crippen LogP contribution in [0.3, 0.4) is 0 Å². The summed E-state index contributed by atoms with van der Waals surface area (Å²) in [5.41, 5.74) is 0. The molecule has 3 atom stereocenters. The van der Waals surface area contributed by atoms with E-state index in [9.17, 15) is 9.59 Å². The maximum Gasteiger partial charge on any atom is 0.315 e. The molecule has 0 aromatic carbocycles. The predicted molar refractivity (Wildman–Crippen MR) is 77.2 cm³/mol. The number of carbonyl (C=O) groups is 2. The van der Waals surface area contributed by atoms with E-state index in [1.165, 1.54) is 12.8 Å². The molecule has 0 radical (unpaired) electrons. The van der Waals surface area contributed by atoms with Crippen molar-refractivity contribution in [2.24, 2.45) is 0 Å². The minimum absolute atomic E-state index is 0.0411. The van der Waals surface area contributed by atoms with Gasteiger partial charge >= 0.3 is 12.0 Å². The number of rotatable bonds is 6. The van der Waals surface area contributed by atoms with Crippen LogP contribution in [0.15, 0.2) is 0 Å². The molecule has 21 heavy (non-hydrogen) atoms. The molecular weight excluding hydrogens is 274 g/mol. The number of ether oxygens (including phenoxy) is 1. The Kier molecular flexibility index (Phi) is 5.81. The lowest BCUT2D eigenvalue weighted by molar-refractivity contribution is -0.137. The summed E-state index contributed by atoms with van der Waals surface area (Å²) in [6.07, 6.45) is 2.97. The van der Waals surface area contributed by atoms with E-state index in [1.54, 1.807) is 6.92 Å². The molecule has 0 aromatic heterocycles. The van der Waals surface area contributed by atoms with E-state index in [-0.39, 0.29) is 24.6 Å². The largest absolute Gasteiger partial charge is 0.481 e. The highest BCUT2D eigenvalue weighted by molar-refractivity contribution is 5.74. The molecule has 3 unspecified atom stereocenters. The quantitative estimate of drug-likeness (QED) is 0.660. The van der Waals surface area contributed by atoms with Crippen LogP contribution in [0.2, 0.25) is 0 Å². The van der Waals surface area contributed by atoms with Gasteiger partial charge in [0.15, 0.2) is 0 Å². The highest BCUT2D eigenvalue weighted by atomic mass is 16.5. The zero-order valence-corrected chi connectivity index (χ0v) is 12.5. The molecule has 3 N–H and O–H groups in total. The summed E-state index contributed by atoms with van der Waals surface area (Å²) in [6, 6.07) is 0.141. The van der Waals surface area contributed by atoms with Crippen LogP contribution in [-0.4, -0.2) is 66.4 Å². The summed E-state index contributed by atoms with van der Waals surface area (Å²) < 4.78 is 5.76. The molecule has 2 aliphatic heterocycles. The number of fused-ring (bicyclic) bond motifs is 1. The molecule has 2 rings (SSSR count). The average molecular weight is 299 g/mol. The van der Waals surface area contributed by atoms with Gasteiger partial charge in [-0.25, -0.2) is 4.79 Å². The number of nitrogens with one attached hydrogen (secondary N) is 2. The van der Waals surface area contributed by atoms with Gasteiger partial charge in [0.2, 0.25) is 0 Å². The minimum atomic E-state index is -0.847. The summed E-state index contributed by atoms with van der Waals surface area (Å²) >= 11 is 0. The van der Waals surface area contributed by atoms with Crippen molar-refractivity contribution in [1.29, 1.82) is 0 Å². The SMILES string of the molecule is CC(CCC(=O)O)NC(=O)NCC1CN2CCCC2CO1. The number of aliphatic carboxylic acids is 1. The summed E-state index contributed by atoms with van der Waals surface area (Å²) in [7, 11) is 0. The summed E-state index contributed by atoms with van der Waals surface area (Å²) in [5, 5.41) is 14.1. The molecule has 0 aromatic rings. The van der Waals surface area contributed by atoms with Crippen molar-refractivity contribution in [2.45, 2.75) is 50.8 Å². The van der Waals surface area contributed by atoms with Crippen molar-refractivity contribution in [3.05, 3.63) is 0 Å². The molecular formula is C14H25N3O4. The lowest BCUT2D eigenvalue weighted by Gasteiger charge is -2.35. The Balaban J connectivity index is 1.61. The molecule has 2 saturated heterocycles. The Morgan fingerprint density at radius 1 is 1.48 bits per heavy atom. The maximum absolute atomic E-state index is 11.7. The van der Waals surface area contributed by atoms with Gasteiger partial charge in [-0.3, -0.25) is 9.69 Å². The van der Waals surface area contributed by atoms with Crippen molar-refractivity contribution in [3.63, 3.8) is 0 Å². The van der Waals surface area contributed by atoms with Crippen LogP contribution in [-0.2, 0) is 9.53 Å². The van der Waals surface area contributed by atoms with Crippen molar-refractivity contribution >= 4 is 12.0 Å². The van der Waals surface area contributed by atoms with Crippen LogP contribution in [0, 0.1) is 0 Å². The Morgan fingerprint density at radius 2 is 2.29 bits per heavy atom. The number of nitrogens with zero attached hydrogens (tertiary/aromatic N) is 1. The fraction of sp³-hybridized carbons (Fsp3) is 0.857. The van der Waals surface area contributed by atoms with Crippen molar-refractivity contribution in [2.75, 3.05) is 26.2 Å². The molecule has 0 spiro atoms. The zero-order valence-electron chi connectivity index (χ0n) is 12.5. The molecule has 2 heterocycles. The number of amides is 2. The van der Waals surface area contributed by atoms with Crippen molar-refractivity contribution in [3.8, 4) is 0 Å². The molecule has 2 fully saturated rings. The number of carboxylic acid groups (broad SMARTS) is 1. The van der Waals surface area contributed by atoms with Gasteiger partial charge in [0, 0.05) is 31.6 Å². The van der Waals surface area contributed by atoms with E-state index >= 15 is 0 Å². The number of hydrogen-bond acceptors (Lipinski definition) is 4. The third-order valence-electron chi connectivity index (χ3n) is 4.12. The maximum atomic E-state index is 11.7. The lowest BCUT2D eigenvalue weighted by atomic mass is 10.2. The number of carbonyl (C=O) groups excluding carboxylic acids is 1. The standard InChI is InChI=1S/C14H25N3O4/c1-10(4-5-13(18)19)16-14(20)15-7-12-8-17-6-2-3-11(17)9-21-12/h10-12H,2-9H2,1H3,(H,18,19)(H2,15,16,20). The second-order valence-corrected chi connectivity index (χ2v) is 5.93. The van der Waals surface area contributed by atoms with Crippen LogP contribution in [0.4, 0.5) is 4.79 Å². The van der Waals surface area contributed by atoms with Gasteiger partial charge in [-0.2, -0.15) is 0 Å². The molecule has 0 bridgehead atoms. The molecule has 2 amide bonds. The first kappa shape index (κ1) is 16.0. The first-order chi connectivity index (χ1) is 10.0. The summed E-state index contributed by atoms with van der Waals surface area (Å²) in [6.45, 7) is 5.04. The molecule has 2 aliphatic rings. The third kappa shape index (κ3) is 5.17. The minimum Gasteiger partial charge on any atom is -0.481 e. The Bertz CT molecular complexity index is 377. The number of carboxylic acids is 1. The van der Waals surface area contributed by atoms with Crippen LogP contribution < -0.4 is 10.6 Å². The average Bonchev–Trinajstić information content (AvgIpc) is 2.90. The smallest absolute Gasteiger partial charge is 0.315 e. The molecule has 7 heteroatoms. The van der Waals surface area contributed by atoms with Crippen molar-refractivity contribution in [1.82, 2.24) is 15.5 Å². The first-order valence-electron chi connectivity index (χ1n) is 7.66. The molecule has 0 aliphatic carbocycles. The van der Waals surface area contributed by atoms with Gasteiger partial charge in [0.1, 0.15) is 0 Å². The van der Waals surface area contributed by atoms with Crippen LogP contribution in [0.25, 0.3) is 0 Å². The van der Waals surface area contributed by atoms with Crippen LogP contribution >= 0.6 is 0 Å². The van der Waals surface area contributed by atoms with Gasteiger partial charge < -0.3 is 20.5 Å². The second kappa shape index (κ2) is 7.61. The summed E-state index contributed by atoms with van der Waals surface area (Å²) in [5.74, 6) is -0.847. The van der Waals surface area contributed by atoms with Gasteiger partial charge in [0.05, 0.1) is 12.7 Å². The lowest BCUT2D eigenvalue weighted by Crippen LogP contribution is -2.51. The Labute approximate surface area is 125 Å². The van der Waals surface area contributed by atoms with E-state index in [4.69, 9.17) is 9.84 Å². The van der Waals surface area contributed by atoms with E-state index in [1.807, 2.05) is 0 Å². The topological polar surface area (TPSA) is 90.9 Å². The predicted octanol–water partition coefficient (Wildman–Crippen LogP) is 0.402. The Morgan fingerprint density at radius 3 is 3.05 bits per heavy atom. The molecule has 120 valence electrons. The van der Waals surface area contributed by atoms with Crippen LogP contribution in [0.5, 0.6) is 0 Å². The van der Waals surface area contributed by atoms with Gasteiger partial charge in [-0.05, 0) is 32.7 Å². The van der Waals surface area contributed by atoms with Crippen molar-refractivity contribution < 1.29 is 19.4 Å². The van der Waals surface area contributed by atoms with Crippen LogP contribution in [0.1, 0.15) is 32.6 Å². The number of morpholine rings is 1. The number of urea groups is 1. The van der Waals surface area contributed by atoms with E-state index in [0.717, 1.165) is 19.7 Å².